The summed E-state index contributed by atoms with van der Waals surface area (Å²) in [5.74, 6) is -0.926. The Morgan fingerprint density at radius 1 is 1.32 bits per heavy atom. The molecule has 3 heterocycles. The minimum atomic E-state index is -0.504. The van der Waals surface area contributed by atoms with Gasteiger partial charge in [0.2, 0.25) is 5.91 Å². The Bertz CT molecular complexity index is 1120. The number of thiophene rings is 1. The van der Waals surface area contributed by atoms with Crippen LogP contribution in [-0.2, 0) is 22.5 Å². The molecule has 0 aromatic carbocycles. The van der Waals surface area contributed by atoms with Crippen LogP contribution in [0.2, 0.25) is 0 Å². The summed E-state index contributed by atoms with van der Waals surface area (Å²) < 4.78 is 6.05. The normalized spacial score (nSPS) is 11.0. The van der Waals surface area contributed by atoms with Crippen molar-refractivity contribution in [3.05, 3.63) is 31.9 Å². The average Bonchev–Trinajstić information content (AvgIpc) is 3.26. The van der Waals surface area contributed by atoms with Crippen molar-refractivity contribution in [1.29, 1.82) is 0 Å². The molecular weight excluding hydrogens is 420 g/mol. The summed E-state index contributed by atoms with van der Waals surface area (Å²) in [4.78, 5) is 47.8. The molecule has 3 rings (SSSR count). The molecule has 11 heteroatoms. The molecule has 1 N–H and O–H groups in total. The number of thiazole rings is 1. The summed E-state index contributed by atoms with van der Waals surface area (Å²) in [6.07, 6.45) is 2.63. The van der Waals surface area contributed by atoms with E-state index in [1.807, 2.05) is 19.2 Å². The van der Waals surface area contributed by atoms with Crippen LogP contribution >= 0.6 is 34.4 Å². The van der Waals surface area contributed by atoms with Crippen molar-refractivity contribution in [3.63, 3.8) is 0 Å². The fourth-order valence-corrected chi connectivity index (χ4v) is 5.02. The van der Waals surface area contributed by atoms with Gasteiger partial charge in [-0.05, 0) is 25.7 Å². The van der Waals surface area contributed by atoms with Crippen molar-refractivity contribution in [2.75, 3.05) is 18.7 Å². The molecule has 3 aromatic heterocycles. The van der Waals surface area contributed by atoms with Gasteiger partial charge in [0, 0.05) is 4.88 Å². The summed E-state index contributed by atoms with van der Waals surface area (Å²) in [7, 11) is 1.29. The number of esters is 1. The minimum absolute atomic E-state index is 0.193. The van der Waals surface area contributed by atoms with Crippen molar-refractivity contribution >= 4 is 61.7 Å². The first-order chi connectivity index (χ1) is 13.4. The lowest BCUT2D eigenvalue weighted by Crippen LogP contribution is -2.29. The van der Waals surface area contributed by atoms with Crippen LogP contribution < -0.4 is 10.9 Å². The molecule has 0 aliphatic rings. The van der Waals surface area contributed by atoms with Gasteiger partial charge in [0.1, 0.15) is 16.3 Å². The summed E-state index contributed by atoms with van der Waals surface area (Å²) in [6.45, 7) is 3.49. The second-order valence-electron chi connectivity index (χ2n) is 5.75. The highest BCUT2D eigenvalue weighted by molar-refractivity contribution is 7.98. The summed E-state index contributed by atoms with van der Waals surface area (Å²) in [6, 6.07) is 1.83. The highest BCUT2D eigenvalue weighted by Gasteiger charge is 2.19. The van der Waals surface area contributed by atoms with Crippen LogP contribution in [0.25, 0.3) is 10.2 Å². The van der Waals surface area contributed by atoms with E-state index in [0.29, 0.717) is 25.9 Å². The molecule has 0 radical (unpaired) electrons. The summed E-state index contributed by atoms with van der Waals surface area (Å²) >= 11 is 3.83. The largest absolute Gasteiger partial charge is 0.465 e. The molecule has 28 heavy (non-hydrogen) atoms. The number of thioether (sulfide) groups is 1. The Kier molecular flexibility index (Phi) is 6.16. The number of hydrogen-bond acceptors (Lipinski definition) is 9. The predicted octanol–water partition coefficient (Wildman–Crippen LogP) is 2.93. The van der Waals surface area contributed by atoms with E-state index in [0.717, 1.165) is 22.6 Å². The Morgan fingerprint density at radius 2 is 2.07 bits per heavy atom. The number of hydrogen-bond donors (Lipinski definition) is 1. The van der Waals surface area contributed by atoms with Crippen molar-refractivity contribution in [2.45, 2.75) is 32.0 Å². The third kappa shape index (κ3) is 3.96. The molecular formula is C17H18N4O4S3. The standard InChI is InChI=1S/C17H18N4O4S3/c1-5-9-6-10-13(27-9)20-17(26-4)21(14(10)23)7-11(22)19-16-18-8(2)12(28-16)15(24)25-3/h6H,5,7H2,1-4H3,(H,18,19,22). The molecule has 0 fully saturated rings. The molecule has 0 unspecified atom stereocenters. The monoisotopic (exact) mass is 438 g/mol. The lowest BCUT2D eigenvalue weighted by atomic mass is 10.3. The summed E-state index contributed by atoms with van der Waals surface area (Å²) in [5, 5.41) is 3.91. The first-order valence-electron chi connectivity index (χ1n) is 8.30. The van der Waals surface area contributed by atoms with Gasteiger partial charge in [0.05, 0.1) is 18.2 Å². The van der Waals surface area contributed by atoms with Gasteiger partial charge in [0.15, 0.2) is 10.3 Å². The molecule has 0 saturated carbocycles. The van der Waals surface area contributed by atoms with E-state index in [2.05, 4.69) is 15.3 Å². The SMILES string of the molecule is CCc1cc2c(=O)n(CC(=O)Nc3nc(C)c(C(=O)OC)s3)c(SC)nc2s1. The van der Waals surface area contributed by atoms with Crippen LogP contribution in [0.1, 0.15) is 27.2 Å². The zero-order valence-electron chi connectivity index (χ0n) is 15.7. The van der Waals surface area contributed by atoms with E-state index >= 15 is 0 Å². The molecule has 0 spiro atoms. The average molecular weight is 439 g/mol. The second kappa shape index (κ2) is 8.41. The number of aryl methyl sites for hydroxylation is 2. The minimum Gasteiger partial charge on any atom is -0.465 e. The molecule has 8 nitrogen and oxygen atoms in total. The Morgan fingerprint density at radius 3 is 2.71 bits per heavy atom. The number of aromatic nitrogens is 3. The highest BCUT2D eigenvalue weighted by atomic mass is 32.2. The van der Waals surface area contributed by atoms with Crippen LogP contribution in [0, 0.1) is 6.92 Å². The van der Waals surface area contributed by atoms with Gasteiger partial charge in [-0.25, -0.2) is 14.8 Å². The Labute approximate surface area is 173 Å². The van der Waals surface area contributed by atoms with Crippen LogP contribution in [0.15, 0.2) is 16.0 Å². The first kappa shape index (κ1) is 20.5. The number of rotatable bonds is 6. The second-order valence-corrected chi connectivity index (χ2v) is 8.64. The maximum absolute atomic E-state index is 12.9. The fourth-order valence-electron chi connectivity index (χ4n) is 2.55. The molecule has 0 bridgehead atoms. The van der Waals surface area contributed by atoms with Crippen LogP contribution in [0.5, 0.6) is 0 Å². The number of carbonyl (C=O) groups excluding carboxylic acids is 2. The number of methoxy groups -OCH3 is 1. The van der Waals surface area contributed by atoms with E-state index in [1.54, 1.807) is 6.92 Å². The number of nitrogens with one attached hydrogen (secondary N) is 1. The van der Waals surface area contributed by atoms with Crippen molar-refractivity contribution < 1.29 is 14.3 Å². The van der Waals surface area contributed by atoms with E-state index < -0.39 is 11.9 Å². The predicted molar refractivity (Wildman–Crippen MR) is 112 cm³/mol. The van der Waals surface area contributed by atoms with Crippen LogP contribution in [0.3, 0.4) is 0 Å². The maximum Gasteiger partial charge on any atom is 0.350 e. The number of ether oxygens (including phenoxy) is 1. The van der Waals surface area contributed by atoms with Crippen molar-refractivity contribution in [2.24, 2.45) is 0 Å². The third-order valence-corrected chi connectivity index (χ3v) is 6.82. The topological polar surface area (TPSA) is 103 Å². The number of anilines is 1. The number of nitrogens with zero attached hydrogens (tertiary/aromatic N) is 3. The van der Waals surface area contributed by atoms with E-state index in [1.165, 1.54) is 34.8 Å². The molecule has 3 aromatic rings. The highest BCUT2D eigenvalue weighted by Crippen LogP contribution is 2.25. The van der Waals surface area contributed by atoms with Gasteiger partial charge in [-0.15, -0.1) is 11.3 Å². The molecule has 0 aliphatic heterocycles. The van der Waals surface area contributed by atoms with Gasteiger partial charge in [-0.2, -0.15) is 0 Å². The molecule has 148 valence electrons. The van der Waals surface area contributed by atoms with Crippen molar-refractivity contribution in [1.82, 2.24) is 14.5 Å². The van der Waals surface area contributed by atoms with E-state index in [4.69, 9.17) is 4.74 Å². The molecule has 0 saturated heterocycles. The van der Waals surface area contributed by atoms with Crippen LogP contribution in [0.4, 0.5) is 5.13 Å². The summed E-state index contributed by atoms with van der Waals surface area (Å²) in [5.41, 5.74) is 0.230. The van der Waals surface area contributed by atoms with Crippen LogP contribution in [-0.4, -0.2) is 39.8 Å². The van der Waals surface area contributed by atoms with Gasteiger partial charge in [0.25, 0.3) is 5.56 Å². The third-order valence-electron chi connectivity index (χ3n) is 3.91. The van der Waals surface area contributed by atoms with E-state index in [-0.39, 0.29) is 17.2 Å². The number of amides is 1. The van der Waals surface area contributed by atoms with E-state index in [9.17, 15) is 14.4 Å². The Balaban J connectivity index is 1.88. The Hall–Kier alpha value is -2.24. The molecule has 0 aliphatic carbocycles. The van der Waals surface area contributed by atoms with Crippen molar-refractivity contribution in [3.8, 4) is 0 Å². The lowest BCUT2D eigenvalue weighted by molar-refractivity contribution is -0.116. The zero-order valence-corrected chi connectivity index (χ0v) is 18.1. The lowest BCUT2D eigenvalue weighted by Gasteiger charge is -2.09. The number of fused-ring (bicyclic) bond motifs is 1. The van der Waals surface area contributed by atoms with Gasteiger partial charge >= 0.3 is 5.97 Å². The molecule has 1 amide bonds. The first-order valence-corrected chi connectivity index (χ1v) is 11.2. The fraction of sp³-hybridized carbons (Fsp3) is 0.353. The molecule has 0 atom stereocenters. The van der Waals surface area contributed by atoms with Gasteiger partial charge < -0.3 is 10.1 Å². The van der Waals surface area contributed by atoms with Gasteiger partial charge in [-0.1, -0.05) is 30.0 Å². The smallest absolute Gasteiger partial charge is 0.350 e. The quantitative estimate of drug-likeness (QED) is 0.358. The number of carbonyl (C=O) groups is 2. The van der Waals surface area contributed by atoms with Gasteiger partial charge in [-0.3, -0.25) is 14.2 Å². The zero-order chi connectivity index (χ0) is 20.4. The maximum atomic E-state index is 12.9.